The summed E-state index contributed by atoms with van der Waals surface area (Å²) in [5.41, 5.74) is 0.524. The number of hydrogen-bond acceptors (Lipinski definition) is 5. The summed E-state index contributed by atoms with van der Waals surface area (Å²) >= 11 is 0. The fourth-order valence-electron chi connectivity index (χ4n) is 1.43. The van der Waals surface area contributed by atoms with Crippen molar-refractivity contribution in [1.82, 2.24) is 5.43 Å². The Morgan fingerprint density at radius 3 is 2.50 bits per heavy atom. The van der Waals surface area contributed by atoms with Crippen LogP contribution in [-0.4, -0.2) is 19.9 Å². The van der Waals surface area contributed by atoms with Gasteiger partial charge in [0.1, 0.15) is 0 Å². The molecule has 0 aromatic heterocycles. The van der Waals surface area contributed by atoms with Crippen LogP contribution in [0.2, 0.25) is 0 Å². The smallest absolute Gasteiger partial charge is 0.422 e. The predicted molar refractivity (Wildman–Crippen MR) is 66.1 cm³/mol. The van der Waals surface area contributed by atoms with Crippen molar-refractivity contribution in [3.05, 3.63) is 30.3 Å². The van der Waals surface area contributed by atoms with Gasteiger partial charge in [-0.1, -0.05) is 31.5 Å². The van der Waals surface area contributed by atoms with Gasteiger partial charge in [-0.05, 0) is 18.6 Å². The summed E-state index contributed by atoms with van der Waals surface area (Å²) in [5.74, 6) is 4.88. The van der Waals surface area contributed by atoms with Crippen LogP contribution in [0, 0.1) is 0 Å². The van der Waals surface area contributed by atoms with Crippen LogP contribution in [0.5, 0.6) is 0 Å². The lowest BCUT2D eigenvalue weighted by Crippen LogP contribution is -2.36. The molecule has 0 aliphatic carbocycles. The Bertz CT molecular complexity index is 487. The molecule has 0 radical (unpaired) electrons. The summed E-state index contributed by atoms with van der Waals surface area (Å²) in [6, 6.07) is 7.85. The molecule has 0 heterocycles. The highest BCUT2D eigenvalue weighted by Crippen LogP contribution is 2.20. The zero-order valence-corrected chi connectivity index (χ0v) is 10.8. The van der Waals surface area contributed by atoms with E-state index in [2.05, 4.69) is 0 Å². The van der Waals surface area contributed by atoms with Gasteiger partial charge in [0.05, 0.1) is 4.90 Å². The number of rotatable bonds is 5. The number of benzene rings is 1. The van der Waals surface area contributed by atoms with Gasteiger partial charge >= 0.3 is 6.09 Å². The van der Waals surface area contributed by atoms with E-state index in [1.54, 1.807) is 30.5 Å². The topological polar surface area (TPSA) is 98.5 Å². The van der Waals surface area contributed by atoms with E-state index in [4.69, 9.17) is 10.6 Å². The van der Waals surface area contributed by atoms with E-state index in [0.29, 0.717) is 6.42 Å². The molecule has 3 N–H and O–H groups in total. The van der Waals surface area contributed by atoms with Gasteiger partial charge in [-0.3, -0.25) is 5.43 Å². The third-order valence-corrected chi connectivity index (χ3v) is 4.25. The van der Waals surface area contributed by atoms with Crippen LogP contribution in [0.15, 0.2) is 35.2 Å². The quantitative estimate of drug-likeness (QED) is 0.476. The number of hydrogen-bond donors (Lipinski definition) is 2. The minimum Gasteiger partial charge on any atom is -0.428 e. The van der Waals surface area contributed by atoms with Crippen molar-refractivity contribution < 1.29 is 17.9 Å². The van der Waals surface area contributed by atoms with Crippen molar-refractivity contribution in [3.63, 3.8) is 0 Å². The molecule has 0 spiro atoms. The molecular formula is C11H16N2O4S. The molecule has 1 amide bonds. The van der Waals surface area contributed by atoms with Crippen molar-refractivity contribution in [2.24, 2.45) is 5.84 Å². The lowest BCUT2D eigenvalue weighted by molar-refractivity contribution is 0.127. The van der Waals surface area contributed by atoms with Gasteiger partial charge in [-0.25, -0.2) is 19.1 Å². The summed E-state index contributed by atoms with van der Waals surface area (Å²) in [4.78, 5) is 11.2. The molecule has 0 aliphatic heterocycles. The highest BCUT2D eigenvalue weighted by Gasteiger charge is 2.29. The molecular weight excluding hydrogens is 256 g/mol. The molecule has 1 unspecified atom stereocenters. The highest BCUT2D eigenvalue weighted by molar-refractivity contribution is 7.92. The fourth-order valence-corrected chi connectivity index (χ4v) is 3.03. The van der Waals surface area contributed by atoms with Gasteiger partial charge in [0.15, 0.2) is 0 Å². The lowest BCUT2D eigenvalue weighted by atomic mass is 10.3. The van der Waals surface area contributed by atoms with E-state index in [-0.39, 0.29) is 11.3 Å². The van der Waals surface area contributed by atoms with Crippen LogP contribution in [0.1, 0.15) is 19.8 Å². The highest BCUT2D eigenvalue weighted by atomic mass is 32.2. The van der Waals surface area contributed by atoms with E-state index in [1.165, 1.54) is 12.1 Å². The zero-order valence-electron chi connectivity index (χ0n) is 10.00. The number of hydrazine groups is 1. The average Bonchev–Trinajstić information content (AvgIpc) is 2.39. The molecule has 7 heteroatoms. The number of carbonyl (C=O) groups excluding carboxylic acids is 1. The van der Waals surface area contributed by atoms with E-state index in [0.717, 1.165) is 0 Å². The molecule has 0 saturated heterocycles. The number of nitrogens with two attached hydrogens (primary N) is 1. The Labute approximate surface area is 106 Å². The standard InChI is InChI=1S/C11H16N2O4S/c1-2-6-10(17-11(14)13-12)18(15,16)9-7-4-3-5-8-9/h3-5,7-8,10H,2,6,12H2,1H3,(H,13,14). The molecule has 1 aromatic carbocycles. The molecule has 18 heavy (non-hydrogen) atoms. The second-order valence-corrected chi connectivity index (χ2v) is 5.71. The van der Waals surface area contributed by atoms with Crippen molar-refractivity contribution in [2.75, 3.05) is 0 Å². The number of carbonyl (C=O) groups is 1. The molecule has 0 fully saturated rings. The molecule has 6 nitrogen and oxygen atoms in total. The van der Waals surface area contributed by atoms with Gasteiger partial charge in [0, 0.05) is 0 Å². The van der Waals surface area contributed by atoms with Gasteiger partial charge < -0.3 is 4.74 Å². The van der Waals surface area contributed by atoms with Crippen LogP contribution in [-0.2, 0) is 14.6 Å². The Morgan fingerprint density at radius 1 is 1.39 bits per heavy atom. The molecule has 1 rings (SSSR count). The van der Waals surface area contributed by atoms with Crippen LogP contribution < -0.4 is 11.3 Å². The van der Waals surface area contributed by atoms with Crippen molar-refractivity contribution in [3.8, 4) is 0 Å². The first-order valence-electron chi connectivity index (χ1n) is 5.48. The van der Waals surface area contributed by atoms with Crippen LogP contribution in [0.3, 0.4) is 0 Å². The number of amides is 1. The Balaban J connectivity index is 3.01. The minimum atomic E-state index is -3.71. The second-order valence-electron chi connectivity index (χ2n) is 3.63. The van der Waals surface area contributed by atoms with Gasteiger partial charge in [0.25, 0.3) is 0 Å². The van der Waals surface area contributed by atoms with Crippen LogP contribution in [0.4, 0.5) is 4.79 Å². The molecule has 100 valence electrons. The first-order chi connectivity index (χ1) is 8.52. The van der Waals surface area contributed by atoms with Gasteiger partial charge in [0.2, 0.25) is 15.3 Å². The summed E-state index contributed by atoms with van der Waals surface area (Å²) in [6.45, 7) is 1.80. The molecule has 1 atom stereocenters. The van der Waals surface area contributed by atoms with E-state index < -0.39 is 21.4 Å². The largest absolute Gasteiger partial charge is 0.428 e. The van der Waals surface area contributed by atoms with Crippen LogP contribution >= 0.6 is 0 Å². The monoisotopic (exact) mass is 272 g/mol. The first-order valence-corrected chi connectivity index (χ1v) is 7.03. The fraction of sp³-hybridized carbons (Fsp3) is 0.364. The van der Waals surface area contributed by atoms with E-state index in [9.17, 15) is 13.2 Å². The second kappa shape index (κ2) is 6.36. The Hall–Kier alpha value is -1.60. The van der Waals surface area contributed by atoms with Crippen molar-refractivity contribution >= 4 is 15.9 Å². The van der Waals surface area contributed by atoms with Gasteiger partial charge in [-0.2, -0.15) is 0 Å². The van der Waals surface area contributed by atoms with Crippen molar-refractivity contribution in [1.29, 1.82) is 0 Å². The number of sulfone groups is 1. The van der Waals surface area contributed by atoms with Gasteiger partial charge in [-0.15, -0.1) is 0 Å². The normalized spacial score (nSPS) is 12.8. The lowest BCUT2D eigenvalue weighted by Gasteiger charge is -2.17. The Kier molecular flexibility index (Phi) is 5.11. The zero-order chi connectivity index (χ0) is 13.6. The third kappa shape index (κ3) is 3.44. The molecule has 0 saturated carbocycles. The molecule has 1 aromatic rings. The molecule has 0 aliphatic rings. The third-order valence-electron chi connectivity index (χ3n) is 2.30. The van der Waals surface area contributed by atoms with E-state index >= 15 is 0 Å². The average molecular weight is 272 g/mol. The SMILES string of the molecule is CCCC(OC(=O)NN)S(=O)(=O)c1ccccc1. The number of ether oxygens (including phenoxy) is 1. The van der Waals surface area contributed by atoms with Crippen molar-refractivity contribution in [2.45, 2.75) is 30.1 Å². The maximum absolute atomic E-state index is 12.2. The minimum absolute atomic E-state index is 0.119. The summed E-state index contributed by atoms with van der Waals surface area (Å²) < 4.78 is 29.3. The molecule has 0 bridgehead atoms. The maximum Gasteiger partial charge on any atom is 0.422 e. The maximum atomic E-state index is 12.2. The summed E-state index contributed by atoms with van der Waals surface area (Å²) in [6.07, 6.45) is -0.188. The predicted octanol–water partition coefficient (Wildman–Crippen LogP) is 1.19. The number of nitrogens with one attached hydrogen (secondary N) is 1. The summed E-state index contributed by atoms with van der Waals surface area (Å²) in [5, 5.41) is 0. The Morgan fingerprint density at radius 2 is 2.00 bits per heavy atom. The van der Waals surface area contributed by atoms with Crippen LogP contribution in [0.25, 0.3) is 0 Å². The van der Waals surface area contributed by atoms with E-state index in [1.807, 2.05) is 0 Å². The first kappa shape index (κ1) is 14.5. The summed E-state index contributed by atoms with van der Waals surface area (Å²) in [7, 11) is -3.71.